The van der Waals surface area contributed by atoms with Gasteiger partial charge < -0.3 is 10.1 Å². The normalized spacial score (nSPS) is 15.1. The van der Waals surface area contributed by atoms with Gasteiger partial charge in [0.05, 0.1) is 5.02 Å². The van der Waals surface area contributed by atoms with Gasteiger partial charge in [0.1, 0.15) is 18.2 Å². The molecule has 1 aromatic carbocycles. The van der Waals surface area contributed by atoms with Crippen LogP contribution in [0.4, 0.5) is 4.39 Å². The molecule has 1 aromatic rings. The van der Waals surface area contributed by atoms with Crippen molar-refractivity contribution >= 4 is 11.6 Å². The van der Waals surface area contributed by atoms with Crippen molar-refractivity contribution in [2.75, 3.05) is 19.7 Å². The summed E-state index contributed by atoms with van der Waals surface area (Å²) in [6.07, 6.45) is 2.69. The number of hydrogen-bond donors (Lipinski definition) is 1. The van der Waals surface area contributed by atoms with Crippen LogP contribution in [0.5, 0.6) is 5.75 Å². The van der Waals surface area contributed by atoms with E-state index >= 15 is 0 Å². The smallest absolute Gasteiger partial charge is 0.145 e. The average Bonchev–Trinajstić information content (AvgIpc) is 3.07. The van der Waals surface area contributed by atoms with Crippen molar-refractivity contribution in [2.24, 2.45) is 5.92 Å². The minimum Gasteiger partial charge on any atom is -0.492 e. The molecule has 16 heavy (non-hydrogen) atoms. The van der Waals surface area contributed by atoms with Crippen LogP contribution in [0.15, 0.2) is 18.2 Å². The highest BCUT2D eigenvalue weighted by Gasteiger charge is 2.19. The monoisotopic (exact) mass is 243 g/mol. The molecule has 1 N–H and O–H groups in total. The summed E-state index contributed by atoms with van der Waals surface area (Å²) in [5, 5.41) is 3.42. The predicted octanol–water partition coefficient (Wildman–Crippen LogP) is 2.86. The van der Waals surface area contributed by atoms with E-state index in [-0.39, 0.29) is 5.02 Å². The molecule has 0 unspecified atom stereocenters. The van der Waals surface area contributed by atoms with E-state index < -0.39 is 5.82 Å². The van der Waals surface area contributed by atoms with E-state index in [2.05, 4.69) is 5.32 Å². The lowest BCUT2D eigenvalue weighted by atomic mass is 10.3. The number of nitrogens with one attached hydrogen (secondary N) is 1. The van der Waals surface area contributed by atoms with Crippen LogP contribution in [0.3, 0.4) is 0 Å². The molecule has 0 heterocycles. The summed E-state index contributed by atoms with van der Waals surface area (Å²) in [7, 11) is 0. The van der Waals surface area contributed by atoms with Gasteiger partial charge in [0, 0.05) is 12.6 Å². The zero-order valence-electron chi connectivity index (χ0n) is 9.01. The minimum absolute atomic E-state index is 0.124. The molecule has 1 fully saturated rings. The first-order valence-corrected chi connectivity index (χ1v) is 5.92. The summed E-state index contributed by atoms with van der Waals surface area (Å²) in [5.41, 5.74) is 0. The fourth-order valence-electron chi connectivity index (χ4n) is 1.44. The fourth-order valence-corrected chi connectivity index (χ4v) is 1.55. The summed E-state index contributed by atoms with van der Waals surface area (Å²) in [6.45, 7) is 2.41. The van der Waals surface area contributed by atoms with Gasteiger partial charge in [-0.2, -0.15) is 0 Å². The molecule has 0 atom stereocenters. The first kappa shape index (κ1) is 11.7. The maximum absolute atomic E-state index is 13.0. The Bertz CT molecular complexity index is 355. The Morgan fingerprint density at radius 1 is 1.44 bits per heavy atom. The molecule has 2 rings (SSSR count). The molecule has 0 spiro atoms. The molecule has 0 radical (unpaired) electrons. The van der Waals surface area contributed by atoms with Crippen LogP contribution in [0.25, 0.3) is 0 Å². The second kappa shape index (κ2) is 5.51. The number of benzene rings is 1. The topological polar surface area (TPSA) is 21.3 Å². The molecule has 0 bridgehead atoms. The van der Waals surface area contributed by atoms with Crippen molar-refractivity contribution < 1.29 is 9.13 Å². The van der Waals surface area contributed by atoms with Gasteiger partial charge in [-0.25, -0.2) is 4.39 Å². The first-order chi connectivity index (χ1) is 7.75. The molecule has 88 valence electrons. The van der Waals surface area contributed by atoms with Crippen LogP contribution < -0.4 is 10.1 Å². The fraction of sp³-hybridized carbons (Fsp3) is 0.500. The summed E-state index contributed by atoms with van der Waals surface area (Å²) in [5.74, 6) is 0.952. The highest BCUT2D eigenvalue weighted by molar-refractivity contribution is 6.30. The molecule has 0 amide bonds. The van der Waals surface area contributed by atoms with Crippen LogP contribution >= 0.6 is 11.6 Å². The number of hydrogen-bond acceptors (Lipinski definition) is 2. The number of ether oxygens (including phenoxy) is 1. The van der Waals surface area contributed by atoms with E-state index in [4.69, 9.17) is 16.3 Å². The van der Waals surface area contributed by atoms with Gasteiger partial charge in [-0.3, -0.25) is 0 Å². The predicted molar refractivity (Wildman–Crippen MR) is 62.5 cm³/mol. The van der Waals surface area contributed by atoms with E-state index in [9.17, 15) is 4.39 Å². The van der Waals surface area contributed by atoms with Gasteiger partial charge in [0.15, 0.2) is 0 Å². The van der Waals surface area contributed by atoms with Gasteiger partial charge in [-0.05, 0) is 37.4 Å². The van der Waals surface area contributed by atoms with E-state index in [1.165, 1.54) is 25.0 Å². The van der Waals surface area contributed by atoms with Crippen LogP contribution in [0.1, 0.15) is 12.8 Å². The maximum atomic E-state index is 13.0. The Morgan fingerprint density at radius 3 is 2.94 bits per heavy atom. The third-order valence-corrected chi connectivity index (χ3v) is 2.88. The molecule has 1 saturated carbocycles. The van der Waals surface area contributed by atoms with Crippen LogP contribution in [0, 0.1) is 11.7 Å². The summed E-state index contributed by atoms with van der Waals surface area (Å²) >= 11 is 5.56. The lowest BCUT2D eigenvalue weighted by molar-refractivity contribution is 0.311. The highest BCUT2D eigenvalue weighted by Crippen LogP contribution is 2.27. The van der Waals surface area contributed by atoms with Gasteiger partial charge >= 0.3 is 0 Å². The second-order valence-corrected chi connectivity index (χ2v) is 4.48. The van der Waals surface area contributed by atoms with Crippen molar-refractivity contribution in [1.82, 2.24) is 5.32 Å². The summed E-state index contributed by atoms with van der Waals surface area (Å²) in [6, 6.07) is 4.49. The highest BCUT2D eigenvalue weighted by atomic mass is 35.5. The average molecular weight is 244 g/mol. The largest absolute Gasteiger partial charge is 0.492 e. The van der Waals surface area contributed by atoms with E-state index in [0.29, 0.717) is 12.4 Å². The third kappa shape index (κ3) is 3.65. The Kier molecular flexibility index (Phi) is 4.02. The SMILES string of the molecule is Fc1cc(OCCNCC2CC2)ccc1Cl. The first-order valence-electron chi connectivity index (χ1n) is 5.54. The van der Waals surface area contributed by atoms with E-state index in [1.54, 1.807) is 6.07 Å². The van der Waals surface area contributed by atoms with Crippen molar-refractivity contribution in [1.29, 1.82) is 0 Å². The third-order valence-electron chi connectivity index (χ3n) is 2.57. The Morgan fingerprint density at radius 2 is 2.25 bits per heavy atom. The van der Waals surface area contributed by atoms with Crippen molar-refractivity contribution in [2.45, 2.75) is 12.8 Å². The molecular formula is C12H15ClFNO. The van der Waals surface area contributed by atoms with Gasteiger partial charge in [-0.1, -0.05) is 11.6 Å². The van der Waals surface area contributed by atoms with Gasteiger partial charge in [0.2, 0.25) is 0 Å². The van der Waals surface area contributed by atoms with Gasteiger partial charge in [0.25, 0.3) is 0 Å². The van der Waals surface area contributed by atoms with Crippen LogP contribution in [-0.4, -0.2) is 19.7 Å². The molecule has 0 saturated heterocycles. The van der Waals surface area contributed by atoms with Crippen LogP contribution in [-0.2, 0) is 0 Å². The zero-order valence-corrected chi connectivity index (χ0v) is 9.77. The number of rotatable bonds is 6. The van der Waals surface area contributed by atoms with Crippen molar-refractivity contribution in [3.05, 3.63) is 29.0 Å². The lowest BCUT2D eigenvalue weighted by Crippen LogP contribution is -2.23. The van der Waals surface area contributed by atoms with Gasteiger partial charge in [-0.15, -0.1) is 0 Å². The van der Waals surface area contributed by atoms with E-state index in [1.807, 2.05) is 0 Å². The Hall–Kier alpha value is -0.800. The second-order valence-electron chi connectivity index (χ2n) is 4.07. The minimum atomic E-state index is -0.440. The quantitative estimate of drug-likeness (QED) is 0.776. The molecule has 1 aliphatic carbocycles. The molecule has 4 heteroatoms. The maximum Gasteiger partial charge on any atom is 0.145 e. The molecule has 1 aliphatic rings. The Balaban J connectivity index is 1.65. The summed E-state index contributed by atoms with van der Waals surface area (Å²) in [4.78, 5) is 0. The van der Waals surface area contributed by atoms with E-state index in [0.717, 1.165) is 19.0 Å². The molecule has 0 aromatic heterocycles. The summed E-state index contributed by atoms with van der Waals surface area (Å²) < 4.78 is 18.4. The Labute approximate surface area is 99.7 Å². The zero-order chi connectivity index (χ0) is 11.4. The molecular weight excluding hydrogens is 229 g/mol. The molecule has 2 nitrogen and oxygen atoms in total. The van der Waals surface area contributed by atoms with Crippen LogP contribution in [0.2, 0.25) is 5.02 Å². The molecule has 0 aliphatic heterocycles. The standard InChI is InChI=1S/C12H15ClFNO/c13-11-4-3-10(7-12(11)14)16-6-5-15-8-9-1-2-9/h3-4,7,9,15H,1-2,5-6,8H2. The van der Waals surface area contributed by atoms with Crippen molar-refractivity contribution in [3.63, 3.8) is 0 Å². The lowest BCUT2D eigenvalue weighted by Gasteiger charge is -2.07. The number of halogens is 2. The van der Waals surface area contributed by atoms with Crippen molar-refractivity contribution in [3.8, 4) is 5.75 Å².